The Labute approximate surface area is 162 Å². The Morgan fingerprint density at radius 2 is 1.76 bits per heavy atom. The molecule has 25 heavy (non-hydrogen) atoms. The highest BCUT2D eigenvalue weighted by molar-refractivity contribution is 14.1. The molecule has 2 aromatic rings. The summed E-state index contributed by atoms with van der Waals surface area (Å²) in [6.07, 6.45) is 0. The fourth-order valence-electron chi connectivity index (χ4n) is 2.18. The molecule has 0 unspecified atom stereocenters. The molecule has 1 amide bonds. The number of carbonyl (C=O) groups is 1. The molecule has 0 aliphatic carbocycles. The fraction of sp³-hybridized carbons (Fsp3) is 0.235. The van der Waals surface area contributed by atoms with Gasteiger partial charge in [0.25, 0.3) is 0 Å². The first kappa shape index (κ1) is 19.7. The molecular formula is C17H20IN3O3S. The molecule has 2 aromatic carbocycles. The van der Waals surface area contributed by atoms with E-state index in [1.807, 2.05) is 25.1 Å². The number of hydrogen-bond donors (Lipinski definition) is 1. The molecule has 0 aromatic heterocycles. The number of benzene rings is 2. The summed E-state index contributed by atoms with van der Waals surface area (Å²) in [5, 5.41) is 2.78. The first-order valence-electron chi connectivity index (χ1n) is 7.53. The highest BCUT2D eigenvalue weighted by Crippen LogP contribution is 2.20. The van der Waals surface area contributed by atoms with Crippen LogP contribution in [0, 0.1) is 10.5 Å². The standard InChI is InChI=1S/C17H20IN3O3S/c1-13-11-14(18)9-10-16(13)19-17(22)12-21(25(23,24)20(2)3)15-7-5-4-6-8-15/h4-11H,12H2,1-3H3,(H,19,22). The predicted molar refractivity (Wildman–Crippen MR) is 109 cm³/mol. The maximum atomic E-state index is 12.6. The summed E-state index contributed by atoms with van der Waals surface area (Å²) in [6.45, 7) is 1.58. The minimum atomic E-state index is -3.79. The number of rotatable bonds is 6. The highest BCUT2D eigenvalue weighted by atomic mass is 127. The average Bonchev–Trinajstić information content (AvgIpc) is 2.56. The zero-order valence-electron chi connectivity index (χ0n) is 14.2. The molecular weight excluding hydrogens is 453 g/mol. The van der Waals surface area contributed by atoms with Crippen LogP contribution in [-0.4, -0.2) is 39.3 Å². The summed E-state index contributed by atoms with van der Waals surface area (Å²) in [5.74, 6) is -0.404. The maximum absolute atomic E-state index is 12.6. The Balaban J connectivity index is 2.26. The lowest BCUT2D eigenvalue weighted by Crippen LogP contribution is -2.44. The molecule has 0 atom stereocenters. The molecule has 0 aliphatic rings. The van der Waals surface area contributed by atoms with Gasteiger partial charge in [-0.1, -0.05) is 18.2 Å². The Morgan fingerprint density at radius 1 is 1.12 bits per heavy atom. The van der Waals surface area contributed by atoms with E-state index in [0.29, 0.717) is 11.4 Å². The van der Waals surface area contributed by atoms with Crippen LogP contribution in [0.2, 0.25) is 0 Å². The van der Waals surface area contributed by atoms with E-state index in [-0.39, 0.29) is 6.54 Å². The maximum Gasteiger partial charge on any atom is 0.304 e. The highest BCUT2D eigenvalue weighted by Gasteiger charge is 2.27. The van der Waals surface area contributed by atoms with E-state index in [4.69, 9.17) is 0 Å². The Bertz CT molecular complexity index is 855. The molecule has 6 nitrogen and oxygen atoms in total. The van der Waals surface area contributed by atoms with Crippen LogP contribution in [-0.2, 0) is 15.0 Å². The van der Waals surface area contributed by atoms with Crippen molar-refractivity contribution in [2.75, 3.05) is 30.3 Å². The smallest absolute Gasteiger partial charge is 0.304 e. The van der Waals surface area contributed by atoms with Gasteiger partial charge in [-0.2, -0.15) is 12.7 Å². The number of aryl methyl sites for hydroxylation is 1. The molecule has 0 saturated carbocycles. The summed E-state index contributed by atoms with van der Waals surface area (Å²) in [4.78, 5) is 12.5. The van der Waals surface area contributed by atoms with Crippen molar-refractivity contribution < 1.29 is 13.2 Å². The Hall–Kier alpha value is -1.65. The minimum Gasteiger partial charge on any atom is -0.324 e. The van der Waals surface area contributed by atoms with Gasteiger partial charge in [-0.25, -0.2) is 4.31 Å². The van der Waals surface area contributed by atoms with Gasteiger partial charge in [0, 0.05) is 23.4 Å². The number of carbonyl (C=O) groups excluding carboxylic acids is 1. The van der Waals surface area contributed by atoms with E-state index >= 15 is 0 Å². The number of amides is 1. The SMILES string of the molecule is Cc1cc(I)ccc1NC(=O)CN(c1ccccc1)S(=O)(=O)N(C)C. The fourth-order valence-corrected chi connectivity index (χ4v) is 3.89. The van der Waals surface area contributed by atoms with E-state index in [1.165, 1.54) is 14.1 Å². The van der Waals surface area contributed by atoms with Crippen LogP contribution in [0.15, 0.2) is 48.5 Å². The van der Waals surface area contributed by atoms with Crippen molar-refractivity contribution in [3.05, 3.63) is 57.7 Å². The van der Waals surface area contributed by atoms with Crippen LogP contribution in [0.1, 0.15) is 5.56 Å². The van der Waals surface area contributed by atoms with Crippen LogP contribution in [0.4, 0.5) is 11.4 Å². The molecule has 8 heteroatoms. The molecule has 0 bridgehead atoms. The number of halogens is 1. The largest absolute Gasteiger partial charge is 0.324 e. The van der Waals surface area contributed by atoms with Crippen molar-refractivity contribution in [2.45, 2.75) is 6.92 Å². The van der Waals surface area contributed by atoms with E-state index in [2.05, 4.69) is 27.9 Å². The summed E-state index contributed by atoms with van der Waals surface area (Å²) in [5.41, 5.74) is 2.02. The van der Waals surface area contributed by atoms with Crippen LogP contribution < -0.4 is 9.62 Å². The van der Waals surface area contributed by atoms with Crippen LogP contribution in [0.3, 0.4) is 0 Å². The van der Waals surface area contributed by atoms with Crippen molar-refractivity contribution >= 4 is 50.1 Å². The lowest BCUT2D eigenvalue weighted by molar-refractivity contribution is -0.114. The van der Waals surface area contributed by atoms with Crippen molar-refractivity contribution in [1.29, 1.82) is 0 Å². The Kier molecular flexibility index (Phi) is 6.42. The van der Waals surface area contributed by atoms with Crippen LogP contribution >= 0.6 is 22.6 Å². The van der Waals surface area contributed by atoms with Gasteiger partial charge in [0.05, 0.1) is 5.69 Å². The first-order valence-corrected chi connectivity index (χ1v) is 10.0. The van der Waals surface area contributed by atoms with E-state index in [9.17, 15) is 13.2 Å². The summed E-state index contributed by atoms with van der Waals surface area (Å²) < 4.78 is 28.4. The van der Waals surface area contributed by atoms with Crippen molar-refractivity contribution in [3.8, 4) is 0 Å². The van der Waals surface area contributed by atoms with Gasteiger partial charge in [-0.15, -0.1) is 0 Å². The van der Waals surface area contributed by atoms with Crippen molar-refractivity contribution in [3.63, 3.8) is 0 Å². The van der Waals surface area contributed by atoms with Gasteiger partial charge in [0.1, 0.15) is 6.54 Å². The second kappa shape index (κ2) is 8.15. The minimum absolute atomic E-state index is 0.310. The third kappa shape index (κ3) is 4.93. The summed E-state index contributed by atoms with van der Waals surface area (Å²) in [6, 6.07) is 14.2. The van der Waals surface area contributed by atoms with Gasteiger partial charge < -0.3 is 5.32 Å². The van der Waals surface area contributed by atoms with Gasteiger partial charge in [0.15, 0.2) is 0 Å². The number of nitrogens with one attached hydrogen (secondary N) is 1. The third-order valence-corrected chi connectivity index (χ3v) is 6.02. The Morgan fingerprint density at radius 3 is 2.32 bits per heavy atom. The second-order valence-electron chi connectivity index (χ2n) is 5.64. The summed E-state index contributed by atoms with van der Waals surface area (Å²) >= 11 is 2.20. The van der Waals surface area contributed by atoms with Crippen molar-refractivity contribution in [1.82, 2.24) is 4.31 Å². The predicted octanol–water partition coefficient (Wildman–Crippen LogP) is 2.85. The topological polar surface area (TPSA) is 69.7 Å². The molecule has 2 rings (SSSR count). The third-order valence-electron chi connectivity index (χ3n) is 3.53. The van der Waals surface area contributed by atoms with E-state index in [0.717, 1.165) is 17.7 Å². The van der Waals surface area contributed by atoms with Gasteiger partial charge in [0.2, 0.25) is 5.91 Å². The second-order valence-corrected chi connectivity index (χ2v) is 8.95. The van der Waals surface area contributed by atoms with Crippen molar-refractivity contribution in [2.24, 2.45) is 0 Å². The number of nitrogens with zero attached hydrogens (tertiary/aromatic N) is 2. The normalized spacial score (nSPS) is 11.4. The molecule has 0 aliphatic heterocycles. The van der Waals surface area contributed by atoms with E-state index in [1.54, 1.807) is 30.3 Å². The number of para-hydroxylation sites is 1. The molecule has 0 fully saturated rings. The molecule has 0 spiro atoms. The molecule has 0 radical (unpaired) electrons. The van der Waals surface area contributed by atoms with Crippen LogP contribution in [0.5, 0.6) is 0 Å². The number of hydrogen-bond acceptors (Lipinski definition) is 3. The molecule has 134 valence electrons. The van der Waals surface area contributed by atoms with Gasteiger partial charge in [-0.3, -0.25) is 4.79 Å². The zero-order valence-corrected chi connectivity index (χ0v) is 17.2. The molecule has 0 saturated heterocycles. The quantitative estimate of drug-likeness (QED) is 0.657. The lowest BCUT2D eigenvalue weighted by Gasteiger charge is -2.27. The molecule has 1 N–H and O–H groups in total. The lowest BCUT2D eigenvalue weighted by atomic mass is 10.2. The molecule has 0 heterocycles. The van der Waals surface area contributed by atoms with E-state index < -0.39 is 16.1 Å². The zero-order chi connectivity index (χ0) is 18.6. The van der Waals surface area contributed by atoms with Crippen LogP contribution in [0.25, 0.3) is 0 Å². The summed E-state index contributed by atoms with van der Waals surface area (Å²) in [7, 11) is -0.918. The first-order chi connectivity index (χ1) is 11.7. The van der Waals surface area contributed by atoms with Gasteiger partial charge in [-0.05, 0) is 65.4 Å². The monoisotopic (exact) mass is 473 g/mol. The van der Waals surface area contributed by atoms with Gasteiger partial charge >= 0.3 is 10.2 Å². The number of anilines is 2. The average molecular weight is 473 g/mol.